The van der Waals surface area contributed by atoms with Gasteiger partial charge in [-0.15, -0.1) is 0 Å². The number of carbonyl (C=O) groups excluding carboxylic acids is 1. The minimum Gasteiger partial charge on any atom is -0.336 e. The van der Waals surface area contributed by atoms with Gasteiger partial charge in [0.1, 0.15) is 0 Å². The molecule has 2 heterocycles. The summed E-state index contributed by atoms with van der Waals surface area (Å²) in [6.45, 7) is 0. The SMILES string of the molecule is CN1C(=O)CC(N)C1c1cncn1C1CC1. The van der Waals surface area contributed by atoms with Gasteiger partial charge < -0.3 is 15.2 Å². The van der Waals surface area contributed by atoms with Crippen molar-refractivity contribution in [3.63, 3.8) is 0 Å². The average Bonchev–Trinajstić information content (AvgIpc) is 2.92. The van der Waals surface area contributed by atoms with Crippen LogP contribution in [0.4, 0.5) is 0 Å². The highest BCUT2D eigenvalue weighted by Crippen LogP contribution is 2.39. The Kier molecular flexibility index (Phi) is 2.04. The van der Waals surface area contributed by atoms with Gasteiger partial charge in [0.05, 0.1) is 24.3 Å². The van der Waals surface area contributed by atoms with Gasteiger partial charge >= 0.3 is 0 Å². The fourth-order valence-corrected chi connectivity index (χ4v) is 2.52. The first-order valence-corrected chi connectivity index (χ1v) is 5.71. The van der Waals surface area contributed by atoms with Crippen molar-refractivity contribution in [1.29, 1.82) is 0 Å². The van der Waals surface area contributed by atoms with E-state index in [1.807, 2.05) is 19.6 Å². The largest absolute Gasteiger partial charge is 0.336 e. The summed E-state index contributed by atoms with van der Waals surface area (Å²) < 4.78 is 2.18. The number of imidazole rings is 1. The summed E-state index contributed by atoms with van der Waals surface area (Å²) in [6, 6.07) is 0.469. The van der Waals surface area contributed by atoms with Gasteiger partial charge in [-0.2, -0.15) is 0 Å². The van der Waals surface area contributed by atoms with Crippen molar-refractivity contribution in [3.8, 4) is 0 Å². The van der Waals surface area contributed by atoms with Gasteiger partial charge in [0.25, 0.3) is 0 Å². The molecule has 2 fully saturated rings. The van der Waals surface area contributed by atoms with E-state index in [-0.39, 0.29) is 18.0 Å². The average molecular weight is 220 g/mol. The predicted molar refractivity (Wildman–Crippen MR) is 58.6 cm³/mol. The number of aromatic nitrogens is 2. The molecule has 1 aromatic heterocycles. The van der Waals surface area contributed by atoms with Gasteiger partial charge in [0.15, 0.2) is 0 Å². The van der Waals surface area contributed by atoms with Gasteiger partial charge in [-0.05, 0) is 12.8 Å². The molecular formula is C11H16N4O. The molecule has 5 nitrogen and oxygen atoms in total. The molecule has 86 valence electrons. The van der Waals surface area contributed by atoms with Gasteiger partial charge in [-0.3, -0.25) is 4.79 Å². The number of likely N-dealkylation sites (tertiary alicyclic amines) is 1. The van der Waals surface area contributed by atoms with E-state index < -0.39 is 0 Å². The molecule has 2 unspecified atom stereocenters. The van der Waals surface area contributed by atoms with Crippen LogP contribution in [-0.2, 0) is 4.79 Å². The molecule has 1 amide bonds. The topological polar surface area (TPSA) is 64.2 Å². The monoisotopic (exact) mass is 220 g/mol. The molecule has 0 radical (unpaired) electrons. The Balaban J connectivity index is 1.96. The molecule has 2 aliphatic rings. The predicted octanol–water partition coefficient (Wildman–Crippen LogP) is 0.448. The second-order valence-electron chi connectivity index (χ2n) is 4.77. The Hall–Kier alpha value is -1.36. The fourth-order valence-electron chi connectivity index (χ4n) is 2.52. The van der Waals surface area contributed by atoms with Crippen molar-refractivity contribution >= 4 is 5.91 Å². The molecule has 0 bridgehead atoms. The molecule has 0 spiro atoms. The number of nitrogens with two attached hydrogens (primary N) is 1. The van der Waals surface area contributed by atoms with E-state index in [1.165, 1.54) is 12.8 Å². The highest BCUT2D eigenvalue weighted by Gasteiger charge is 2.39. The van der Waals surface area contributed by atoms with E-state index in [4.69, 9.17) is 5.73 Å². The van der Waals surface area contributed by atoms with Crippen LogP contribution >= 0.6 is 0 Å². The maximum absolute atomic E-state index is 11.6. The molecule has 5 heteroatoms. The summed E-state index contributed by atoms with van der Waals surface area (Å²) in [4.78, 5) is 17.5. The van der Waals surface area contributed by atoms with Crippen LogP contribution in [0.15, 0.2) is 12.5 Å². The van der Waals surface area contributed by atoms with E-state index in [0.29, 0.717) is 12.5 Å². The number of hydrogen-bond acceptors (Lipinski definition) is 3. The third-order valence-electron chi connectivity index (χ3n) is 3.57. The molecule has 2 atom stereocenters. The molecule has 0 aromatic carbocycles. The molecule has 2 N–H and O–H groups in total. The normalized spacial score (nSPS) is 30.1. The van der Waals surface area contributed by atoms with Crippen LogP contribution in [0, 0.1) is 0 Å². The maximum atomic E-state index is 11.6. The lowest BCUT2D eigenvalue weighted by molar-refractivity contribution is -0.127. The van der Waals surface area contributed by atoms with Gasteiger partial charge in [0.2, 0.25) is 5.91 Å². The first kappa shape index (κ1) is 9.84. The highest BCUT2D eigenvalue weighted by molar-refractivity contribution is 5.79. The summed E-state index contributed by atoms with van der Waals surface area (Å²) in [5.41, 5.74) is 7.12. The Labute approximate surface area is 94.2 Å². The van der Waals surface area contributed by atoms with Crippen molar-refractivity contribution < 1.29 is 4.79 Å². The molecule has 3 rings (SSSR count). The summed E-state index contributed by atoms with van der Waals surface area (Å²) in [5.74, 6) is 0.126. The van der Waals surface area contributed by atoms with Crippen LogP contribution in [0.5, 0.6) is 0 Å². The van der Waals surface area contributed by atoms with E-state index >= 15 is 0 Å². The Morgan fingerprint density at radius 2 is 2.25 bits per heavy atom. The summed E-state index contributed by atoms with van der Waals surface area (Å²) in [6.07, 6.45) is 6.57. The standard InChI is InChI=1S/C11H16N4O/c1-14-10(16)4-8(12)11(14)9-5-13-6-15(9)7-2-3-7/h5-8,11H,2-4,12H2,1H3. The summed E-state index contributed by atoms with van der Waals surface area (Å²) in [5, 5.41) is 0. The molecule has 1 saturated carbocycles. The van der Waals surface area contributed by atoms with Crippen LogP contribution < -0.4 is 5.73 Å². The number of nitrogens with zero attached hydrogens (tertiary/aromatic N) is 3. The highest BCUT2D eigenvalue weighted by atomic mass is 16.2. The molecular weight excluding hydrogens is 204 g/mol. The van der Waals surface area contributed by atoms with Crippen LogP contribution in [0.25, 0.3) is 0 Å². The second-order valence-corrected chi connectivity index (χ2v) is 4.77. The first-order chi connectivity index (χ1) is 7.68. The van der Waals surface area contributed by atoms with E-state index in [2.05, 4.69) is 9.55 Å². The van der Waals surface area contributed by atoms with Gasteiger partial charge in [0, 0.05) is 25.6 Å². The summed E-state index contributed by atoms with van der Waals surface area (Å²) in [7, 11) is 1.82. The van der Waals surface area contributed by atoms with Gasteiger partial charge in [-0.1, -0.05) is 0 Å². The number of rotatable bonds is 2. The quantitative estimate of drug-likeness (QED) is 0.787. The number of hydrogen-bond donors (Lipinski definition) is 1. The molecule has 16 heavy (non-hydrogen) atoms. The minimum absolute atomic E-state index is 0.00407. The number of amides is 1. The lowest BCUT2D eigenvalue weighted by Crippen LogP contribution is -2.31. The maximum Gasteiger partial charge on any atom is 0.224 e. The first-order valence-electron chi connectivity index (χ1n) is 5.71. The third-order valence-corrected chi connectivity index (χ3v) is 3.57. The molecule has 1 saturated heterocycles. The van der Waals surface area contributed by atoms with Crippen molar-refractivity contribution in [1.82, 2.24) is 14.5 Å². The Morgan fingerprint density at radius 3 is 2.81 bits per heavy atom. The third kappa shape index (κ3) is 1.35. The van der Waals surface area contributed by atoms with Crippen molar-refractivity contribution in [2.75, 3.05) is 7.05 Å². The molecule has 1 aliphatic heterocycles. The summed E-state index contributed by atoms with van der Waals surface area (Å²) >= 11 is 0. The zero-order chi connectivity index (χ0) is 11.3. The van der Waals surface area contributed by atoms with Crippen LogP contribution in [-0.4, -0.2) is 33.4 Å². The van der Waals surface area contributed by atoms with Crippen LogP contribution in [0.3, 0.4) is 0 Å². The van der Waals surface area contributed by atoms with E-state index in [9.17, 15) is 4.79 Å². The van der Waals surface area contributed by atoms with Crippen molar-refractivity contribution in [2.45, 2.75) is 37.4 Å². The zero-order valence-electron chi connectivity index (χ0n) is 9.34. The van der Waals surface area contributed by atoms with Gasteiger partial charge in [-0.25, -0.2) is 4.98 Å². The van der Waals surface area contributed by atoms with Crippen molar-refractivity contribution in [2.24, 2.45) is 5.73 Å². The molecule has 1 aromatic rings. The minimum atomic E-state index is -0.105. The second kappa shape index (κ2) is 3.31. The fraction of sp³-hybridized carbons (Fsp3) is 0.636. The number of likely N-dealkylation sites (N-methyl/N-ethyl adjacent to an activating group) is 1. The zero-order valence-corrected chi connectivity index (χ0v) is 9.34. The van der Waals surface area contributed by atoms with Crippen LogP contribution in [0.1, 0.15) is 37.0 Å². The smallest absolute Gasteiger partial charge is 0.224 e. The van der Waals surface area contributed by atoms with Crippen LogP contribution in [0.2, 0.25) is 0 Å². The lowest BCUT2D eigenvalue weighted by Gasteiger charge is -2.23. The van der Waals surface area contributed by atoms with E-state index in [1.54, 1.807) is 4.90 Å². The van der Waals surface area contributed by atoms with Crippen molar-refractivity contribution in [3.05, 3.63) is 18.2 Å². The Morgan fingerprint density at radius 1 is 1.50 bits per heavy atom. The Bertz CT molecular complexity index is 423. The molecule has 1 aliphatic carbocycles. The lowest BCUT2D eigenvalue weighted by atomic mass is 10.1. The van der Waals surface area contributed by atoms with E-state index in [0.717, 1.165) is 5.69 Å². The number of carbonyl (C=O) groups is 1.